The van der Waals surface area contributed by atoms with Crippen LogP contribution in [0.1, 0.15) is 12.5 Å². The molecule has 1 saturated heterocycles. The number of halogens is 2. The number of hydrogen-bond acceptors (Lipinski definition) is 5. The van der Waals surface area contributed by atoms with Gasteiger partial charge in [-0.25, -0.2) is 4.39 Å². The number of nitrogens with one attached hydrogen (secondary N) is 2. The van der Waals surface area contributed by atoms with Crippen molar-refractivity contribution < 1.29 is 18.6 Å². The van der Waals surface area contributed by atoms with Gasteiger partial charge in [0.1, 0.15) is 18.5 Å². The highest BCUT2D eigenvalue weighted by atomic mass is 127. The summed E-state index contributed by atoms with van der Waals surface area (Å²) in [6, 6.07) is 14.4. The van der Waals surface area contributed by atoms with Crippen LogP contribution in [0.15, 0.2) is 53.5 Å². The first kappa shape index (κ1) is 27.1. The third-order valence-corrected chi connectivity index (χ3v) is 5.08. The fourth-order valence-electron chi connectivity index (χ4n) is 3.31. The van der Waals surface area contributed by atoms with E-state index in [-0.39, 0.29) is 41.6 Å². The number of para-hydroxylation sites is 1. The van der Waals surface area contributed by atoms with Crippen molar-refractivity contribution in [1.82, 2.24) is 15.5 Å². The van der Waals surface area contributed by atoms with Crippen LogP contribution in [0.2, 0.25) is 0 Å². The van der Waals surface area contributed by atoms with Crippen LogP contribution < -0.4 is 20.1 Å². The molecule has 182 valence electrons. The number of benzene rings is 2. The Labute approximate surface area is 212 Å². The largest absolute Gasteiger partial charge is 0.492 e. The molecule has 0 saturated carbocycles. The summed E-state index contributed by atoms with van der Waals surface area (Å²) in [5.41, 5.74) is 1.09. The summed E-state index contributed by atoms with van der Waals surface area (Å²) in [4.78, 5) is 6.59. The summed E-state index contributed by atoms with van der Waals surface area (Å²) in [5.74, 6) is 1.38. The van der Waals surface area contributed by atoms with Crippen LogP contribution in [-0.2, 0) is 11.3 Å². The molecule has 33 heavy (non-hydrogen) atoms. The molecule has 0 radical (unpaired) electrons. The van der Waals surface area contributed by atoms with E-state index >= 15 is 0 Å². The molecular formula is C24H34FIN4O3. The maximum atomic E-state index is 13.7. The van der Waals surface area contributed by atoms with E-state index in [0.29, 0.717) is 25.7 Å². The zero-order valence-electron chi connectivity index (χ0n) is 19.3. The van der Waals surface area contributed by atoms with Gasteiger partial charge in [-0.2, -0.15) is 0 Å². The van der Waals surface area contributed by atoms with Gasteiger partial charge in [-0.15, -0.1) is 24.0 Å². The zero-order valence-corrected chi connectivity index (χ0v) is 21.6. The van der Waals surface area contributed by atoms with Gasteiger partial charge >= 0.3 is 0 Å². The van der Waals surface area contributed by atoms with E-state index in [0.717, 1.165) is 44.2 Å². The zero-order chi connectivity index (χ0) is 22.6. The van der Waals surface area contributed by atoms with Crippen molar-refractivity contribution >= 4 is 29.9 Å². The van der Waals surface area contributed by atoms with Crippen LogP contribution in [0.5, 0.6) is 11.5 Å². The quantitative estimate of drug-likeness (QED) is 0.259. The summed E-state index contributed by atoms with van der Waals surface area (Å²) in [6.45, 7) is 8.03. The first-order valence-corrected chi connectivity index (χ1v) is 11.0. The molecule has 0 aliphatic carbocycles. The van der Waals surface area contributed by atoms with Gasteiger partial charge in [0.05, 0.1) is 19.8 Å². The van der Waals surface area contributed by atoms with Gasteiger partial charge in [-0.3, -0.25) is 9.89 Å². The number of ether oxygens (including phenoxy) is 3. The fourth-order valence-corrected chi connectivity index (χ4v) is 3.31. The predicted molar refractivity (Wildman–Crippen MR) is 139 cm³/mol. The van der Waals surface area contributed by atoms with Crippen LogP contribution in [-0.4, -0.2) is 70.0 Å². The molecule has 9 heteroatoms. The van der Waals surface area contributed by atoms with E-state index in [1.807, 2.05) is 31.2 Å². The van der Waals surface area contributed by atoms with Gasteiger partial charge in [-0.05, 0) is 36.8 Å². The maximum Gasteiger partial charge on any atom is 0.191 e. The van der Waals surface area contributed by atoms with E-state index in [1.165, 1.54) is 6.07 Å². The monoisotopic (exact) mass is 572 g/mol. The highest BCUT2D eigenvalue weighted by molar-refractivity contribution is 14.0. The fraction of sp³-hybridized carbons (Fsp3) is 0.458. The molecule has 1 heterocycles. The van der Waals surface area contributed by atoms with Crippen molar-refractivity contribution in [2.45, 2.75) is 19.6 Å². The molecule has 2 aromatic rings. The van der Waals surface area contributed by atoms with Crippen molar-refractivity contribution in [3.63, 3.8) is 0 Å². The minimum Gasteiger partial charge on any atom is -0.492 e. The highest BCUT2D eigenvalue weighted by Crippen LogP contribution is 2.17. The molecule has 2 aromatic carbocycles. The molecule has 1 unspecified atom stereocenters. The summed E-state index contributed by atoms with van der Waals surface area (Å²) in [7, 11) is 1.71. The Morgan fingerprint density at radius 3 is 2.70 bits per heavy atom. The van der Waals surface area contributed by atoms with E-state index in [1.54, 1.807) is 25.2 Å². The van der Waals surface area contributed by atoms with E-state index in [2.05, 4.69) is 20.5 Å². The number of aliphatic imine (C=N–C) groups is 1. The molecular weight excluding hydrogens is 538 g/mol. The first-order valence-electron chi connectivity index (χ1n) is 11.0. The SMILES string of the molecule is CN=C(NCc1cccc(OCCN2CCOCC2)c1)NCC(C)Oc1ccccc1F.I. The molecule has 3 rings (SSSR count). The second-order valence-electron chi connectivity index (χ2n) is 7.62. The normalized spacial score (nSPS) is 15.3. The molecule has 1 aliphatic rings. The summed E-state index contributed by atoms with van der Waals surface area (Å²) >= 11 is 0. The number of hydrogen-bond donors (Lipinski definition) is 2. The van der Waals surface area contributed by atoms with E-state index < -0.39 is 0 Å². The molecule has 7 nitrogen and oxygen atoms in total. The molecule has 2 N–H and O–H groups in total. The predicted octanol–water partition coefficient (Wildman–Crippen LogP) is 3.29. The Hall–Kier alpha value is -2.11. The van der Waals surface area contributed by atoms with E-state index in [4.69, 9.17) is 14.2 Å². The standard InChI is InChI=1S/C24H33FN4O3.HI/c1-19(32-23-9-4-3-8-22(23)25)17-27-24(26-2)28-18-20-6-5-7-21(16-20)31-15-12-29-10-13-30-14-11-29;/h3-9,16,19H,10-15,17-18H2,1-2H3,(H2,26,27,28);1H. The molecule has 0 bridgehead atoms. The van der Waals surface area contributed by atoms with Gasteiger partial charge in [0.15, 0.2) is 17.5 Å². The third kappa shape index (κ3) is 9.73. The lowest BCUT2D eigenvalue weighted by Crippen LogP contribution is -2.41. The molecule has 0 aromatic heterocycles. The Bertz CT molecular complexity index is 865. The second kappa shape index (κ2) is 14.9. The number of nitrogens with zero attached hydrogens (tertiary/aromatic N) is 2. The van der Waals surface area contributed by atoms with Crippen molar-refractivity contribution in [2.75, 3.05) is 53.0 Å². The Kier molecular flexibility index (Phi) is 12.3. The minimum absolute atomic E-state index is 0. The molecule has 0 spiro atoms. The smallest absolute Gasteiger partial charge is 0.191 e. The number of rotatable bonds is 10. The van der Waals surface area contributed by atoms with Gasteiger partial charge in [0.2, 0.25) is 0 Å². The lowest BCUT2D eigenvalue weighted by Gasteiger charge is -2.26. The Morgan fingerprint density at radius 1 is 1.15 bits per heavy atom. The van der Waals surface area contributed by atoms with Crippen LogP contribution in [0.25, 0.3) is 0 Å². The Balaban J connectivity index is 0.00000385. The van der Waals surface area contributed by atoms with Gasteiger partial charge in [-0.1, -0.05) is 24.3 Å². The van der Waals surface area contributed by atoms with Crippen molar-refractivity contribution in [3.05, 3.63) is 59.9 Å². The van der Waals surface area contributed by atoms with Gasteiger partial charge < -0.3 is 24.8 Å². The summed E-state index contributed by atoms with van der Waals surface area (Å²) < 4.78 is 30.7. The summed E-state index contributed by atoms with van der Waals surface area (Å²) in [6.07, 6.45) is -0.228. The van der Waals surface area contributed by atoms with Crippen LogP contribution in [0, 0.1) is 5.82 Å². The maximum absolute atomic E-state index is 13.7. The topological polar surface area (TPSA) is 67.4 Å². The molecule has 1 aliphatic heterocycles. The molecule has 0 amide bonds. The number of guanidine groups is 1. The summed E-state index contributed by atoms with van der Waals surface area (Å²) in [5, 5.41) is 6.49. The first-order chi connectivity index (χ1) is 15.6. The van der Waals surface area contributed by atoms with Crippen molar-refractivity contribution in [2.24, 2.45) is 4.99 Å². The van der Waals surface area contributed by atoms with Crippen LogP contribution >= 0.6 is 24.0 Å². The Morgan fingerprint density at radius 2 is 1.94 bits per heavy atom. The molecule has 1 atom stereocenters. The average molecular weight is 572 g/mol. The van der Waals surface area contributed by atoms with Crippen molar-refractivity contribution in [3.8, 4) is 11.5 Å². The van der Waals surface area contributed by atoms with E-state index in [9.17, 15) is 4.39 Å². The van der Waals surface area contributed by atoms with Crippen molar-refractivity contribution in [1.29, 1.82) is 0 Å². The van der Waals surface area contributed by atoms with Gasteiger partial charge in [0, 0.05) is 33.2 Å². The highest BCUT2D eigenvalue weighted by Gasteiger charge is 2.11. The number of morpholine rings is 1. The lowest BCUT2D eigenvalue weighted by molar-refractivity contribution is 0.0322. The molecule has 1 fully saturated rings. The lowest BCUT2D eigenvalue weighted by atomic mass is 10.2. The van der Waals surface area contributed by atoms with Crippen LogP contribution in [0.4, 0.5) is 4.39 Å². The van der Waals surface area contributed by atoms with Crippen LogP contribution in [0.3, 0.4) is 0 Å². The average Bonchev–Trinajstić information content (AvgIpc) is 2.82. The third-order valence-electron chi connectivity index (χ3n) is 5.08. The second-order valence-corrected chi connectivity index (χ2v) is 7.62. The van der Waals surface area contributed by atoms with Gasteiger partial charge in [0.25, 0.3) is 0 Å². The minimum atomic E-state index is -0.367.